The van der Waals surface area contributed by atoms with Gasteiger partial charge in [-0.3, -0.25) is 0 Å². The molecule has 1 fully saturated rings. The van der Waals surface area contributed by atoms with E-state index < -0.39 is 10.0 Å². The molecule has 0 saturated heterocycles. The molecule has 0 aromatic heterocycles. The second-order valence-electron chi connectivity index (χ2n) is 4.33. The molecule has 0 amide bonds. The highest BCUT2D eigenvalue weighted by atomic mass is 35.5. The fraction of sp³-hybridized carbons (Fsp3) is 0.500. The molecule has 1 aromatic rings. The van der Waals surface area contributed by atoms with Crippen molar-refractivity contribution in [3.63, 3.8) is 0 Å². The maximum absolute atomic E-state index is 12.5. The minimum Gasteiger partial charge on any atom is -0.207 e. The second kappa shape index (κ2) is 5.37. The third-order valence-electron chi connectivity index (χ3n) is 3.03. The molecule has 0 bridgehead atoms. The molecule has 0 aliphatic heterocycles. The molecule has 0 N–H and O–H groups in total. The number of halogens is 2. The largest absolute Gasteiger partial charge is 0.243 e. The molecule has 0 atom stereocenters. The lowest BCUT2D eigenvalue weighted by Gasteiger charge is -2.20. The van der Waals surface area contributed by atoms with Gasteiger partial charge >= 0.3 is 0 Å². The van der Waals surface area contributed by atoms with Gasteiger partial charge in [-0.1, -0.05) is 18.5 Å². The average Bonchev–Trinajstić information content (AvgIpc) is 3.14. The molecule has 3 nitrogen and oxygen atoms in total. The number of alkyl halides is 1. The lowest BCUT2D eigenvalue weighted by atomic mass is 10.2. The van der Waals surface area contributed by atoms with Crippen molar-refractivity contribution in [2.45, 2.75) is 36.6 Å². The lowest BCUT2D eigenvalue weighted by molar-refractivity contribution is 0.421. The summed E-state index contributed by atoms with van der Waals surface area (Å²) in [7, 11) is -3.42. The van der Waals surface area contributed by atoms with Crippen molar-refractivity contribution >= 4 is 33.2 Å². The fourth-order valence-electron chi connectivity index (χ4n) is 1.94. The highest BCUT2D eigenvalue weighted by molar-refractivity contribution is 7.89. The van der Waals surface area contributed by atoms with Crippen molar-refractivity contribution in [3.8, 4) is 0 Å². The first-order chi connectivity index (χ1) is 8.50. The van der Waals surface area contributed by atoms with E-state index in [9.17, 15) is 8.42 Å². The molecule has 0 unspecified atom stereocenters. The zero-order valence-electron chi connectivity index (χ0n) is 10.1. The molecule has 0 radical (unpaired) electrons. The van der Waals surface area contributed by atoms with Crippen LogP contribution in [0.25, 0.3) is 0 Å². The van der Waals surface area contributed by atoms with Gasteiger partial charge in [0.05, 0.1) is 4.90 Å². The van der Waals surface area contributed by atoms with Crippen molar-refractivity contribution in [2.24, 2.45) is 0 Å². The van der Waals surface area contributed by atoms with Gasteiger partial charge in [0.2, 0.25) is 10.0 Å². The van der Waals surface area contributed by atoms with Crippen molar-refractivity contribution in [1.82, 2.24) is 4.31 Å². The Balaban J connectivity index is 2.40. The topological polar surface area (TPSA) is 37.4 Å². The highest BCUT2D eigenvalue weighted by Crippen LogP contribution is 2.32. The molecule has 1 saturated carbocycles. The maximum atomic E-state index is 12.5. The number of hydrogen-bond acceptors (Lipinski definition) is 2. The van der Waals surface area contributed by atoms with E-state index in [0.29, 0.717) is 17.1 Å². The molecule has 0 heterocycles. The van der Waals surface area contributed by atoms with Gasteiger partial charge in [0, 0.05) is 23.5 Å². The quantitative estimate of drug-likeness (QED) is 0.783. The number of sulfonamides is 1. The summed E-state index contributed by atoms with van der Waals surface area (Å²) in [6, 6.07) is 4.86. The van der Waals surface area contributed by atoms with Gasteiger partial charge in [-0.05, 0) is 36.6 Å². The third kappa shape index (κ3) is 2.67. The number of benzene rings is 1. The van der Waals surface area contributed by atoms with Gasteiger partial charge < -0.3 is 0 Å². The van der Waals surface area contributed by atoms with Gasteiger partial charge in [-0.25, -0.2) is 8.42 Å². The molecule has 1 aliphatic rings. The molecule has 0 spiro atoms. The van der Waals surface area contributed by atoms with E-state index in [1.165, 1.54) is 0 Å². The molecule has 1 aliphatic carbocycles. The lowest BCUT2D eigenvalue weighted by Crippen LogP contribution is -2.32. The molecular formula is C12H15Cl2NO2S. The van der Waals surface area contributed by atoms with Crippen LogP contribution < -0.4 is 0 Å². The molecule has 2 rings (SSSR count). The van der Waals surface area contributed by atoms with Crippen LogP contribution in [-0.2, 0) is 15.9 Å². The van der Waals surface area contributed by atoms with Gasteiger partial charge in [0.1, 0.15) is 0 Å². The Morgan fingerprint density at radius 1 is 1.39 bits per heavy atom. The van der Waals surface area contributed by atoms with Gasteiger partial charge in [-0.15, -0.1) is 11.6 Å². The summed E-state index contributed by atoms with van der Waals surface area (Å²) in [5, 5.41) is 0.499. The maximum Gasteiger partial charge on any atom is 0.243 e. The fourth-order valence-corrected chi connectivity index (χ4v) is 4.16. The van der Waals surface area contributed by atoms with E-state index in [0.717, 1.165) is 12.8 Å². The van der Waals surface area contributed by atoms with E-state index in [1.54, 1.807) is 22.5 Å². The monoisotopic (exact) mass is 307 g/mol. The molecule has 18 heavy (non-hydrogen) atoms. The summed E-state index contributed by atoms with van der Waals surface area (Å²) in [4.78, 5) is 0.274. The molecule has 1 aromatic carbocycles. The predicted octanol–water partition coefficient (Wildman–Crippen LogP) is 3.25. The van der Waals surface area contributed by atoms with Crippen molar-refractivity contribution in [3.05, 3.63) is 28.8 Å². The number of nitrogens with zero attached hydrogens (tertiary/aromatic N) is 1. The molecule has 100 valence electrons. The first-order valence-corrected chi connectivity index (χ1v) is 8.22. The van der Waals surface area contributed by atoms with Crippen molar-refractivity contribution in [1.29, 1.82) is 0 Å². The van der Waals surface area contributed by atoms with E-state index >= 15 is 0 Å². The van der Waals surface area contributed by atoms with Gasteiger partial charge in [0.25, 0.3) is 0 Å². The molecule has 6 heteroatoms. The van der Waals surface area contributed by atoms with Crippen LogP contribution in [0.15, 0.2) is 23.1 Å². The van der Waals surface area contributed by atoms with Crippen LogP contribution in [0.3, 0.4) is 0 Å². The SMILES string of the molecule is CCN(C1CC1)S(=O)(=O)c1ccc(Cl)c(CCl)c1. The standard InChI is InChI=1S/C12H15Cl2NO2S/c1-2-15(10-3-4-10)18(16,17)11-5-6-12(14)9(7-11)8-13/h5-7,10H,2-4,8H2,1H3. The minimum absolute atomic E-state index is 0.162. The summed E-state index contributed by atoms with van der Waals surface area (Å²) in [5.74, 6) is 0.206. The summed E-state index contributed by atoms with van der Waals surface area (Å²) < 4.78 is 26.5. The zero-order chi connectivity index (χ0) is 13.3. The van der Waals surface area contributed by atoms with E-state index in [1.807, 2.05) is 6.92 Å². The Bertz CT molecular complexity index is 541. The van der Waals surface area contributed by atoms with Gasteiger partial charge in [0.15, 0.2) is 0 Å². The average molecular weight is 308 g/mol. The van der Waals surface area contributed by atoms with E-state index in [4.69, 9.17) is 23.2 Å². The number of hydrogen-bond donors (Lipinski definition) is 0. The number of rotatable bonds is 5. The van der Waals surface area contributed by atoms with Crippen LogP contribution in [0.1, 0.15) is 25.3 Å². The Morgan fingerprint density at radius 3 is 2.56 bits per heavy atom. The first kappa shape index (κ1) is 14.1. The second-order valence-corrected chi connectivity index (χ2v) is 6.89. The van der Waals surface area contributed by atoms with Crippen molar-refractivity contribution < 1.29 is 8.42 Å². The van der Waals surface area contributed by atoms with Crippen LogP contribution in [0, 0.1) is 0 Å². The Hall–Kier alpha value is -0.290. The normalized spacial score (nSPS) is 16.2. The van der Waals surface area contributed by atoms with Crippen LogP contribution >= 0.6 is 23.2 Å². The molecular weight excluding hydrogens is 293 g/mol. The van der Waals surface area contributed by atoms with Crippen LogP contribution in [0.2, 0.25) is 5.02 Å². The summed E-state index contributed by atoms with van der Waals surface area (Å²) in [6.45, 7) is 2.35. The highest BCUT2D eigenvalue weighted by Gasteiger charge is 2.36. The summed E-state index contributed by atoms with van der Waals surface area (Å²) in [6.07, 6.45) is 1.89. The summed E-state index contributed by atoms with van der Waals surface area (Å²) in [5.41, 5.74) is 0.645. The van der Waals surface area contributed by atoms with E-state index in [-0.39, 0.29) is 16.8 Å². The summed E-state index contributed by atoms with van der Waals surface area (Å²) >= 11 is 11.7. The Labute approximate surface area is 118 Å². The van der Waals surface area contributed by atoms with Crippen molar-refractivity contribution in [2.75, 3.05) is 6.54 Å². The van der Waals surface area contributed by atoms with Crippen LogP contribution in [0.5, 0.6) is 0 Å². The van der Waals surface area contributed by atoms with E-state index in [2.05, 4.69) is 0 Å². The Kier molecular flexibility index (Phi) is 4.22. The predicted molar refractivity (Wildman–Crippen MR) is 73.6 cm³/mol. The smallest absolute Gasteiger partial charge is 0.207 e. The zero-order valence-corrected chi connectivity index (χ0v) is 12.4. The third-order valence-corrected chi connectivity index (χ3v) is 5.71. The van der Waals surface area contributed by atoms with Gasteiger partial charge in [-0.2, -0.15) is 4.31 Å². The van der Waals surface area contributed by atoms with Crippen LogP contribution in [0.4, 0.5) is 0 Å². The first-order valence-electron chi connectivity index (χ1n) is 5.87. The minimum atomic E-state index is -3.42. The van der Waals surface area contributed by atoms with Crippen LogP contribution in [-0.4, -0.2) is 25.3 Å². The Morgan fingerprint density at radius 2 is 2.06 bits per heavy atom.